The number of benzene rings is 1. The van der Waals surface area contributed by atoms with E-state index in [2.05, 4.69) is 9.97 Å². The first kappa shape index (κ1) is 13.9. The number of amides is 1. The minimum absolute atomic E-state index is 0.0985. The number of likely N-dealkylation sites (tertiary alicyclic amines) is 1. The molecule has 2 heterocycles. The number of carbonyl (C=O) groups excluding carboxylic acids is 1. The highest BCUT2D eigenvalue weighted by molar-refractivity contribution is 5.93. The molecule has 5 nitrogen and oxygen atoms in total. The average molecular weight is 285 g/mol. The van der Waals surface area contributed by atoms with Crippen molar-refractivity contribution >= 4 is 16.9 Å². The number of aliphatic hydroxyl groups is 1. The van der Waals surface area contributed by atoms with Crippen LogP contribution >= 0.6 is 0 Å². The Bertz CT molecular complexity index is 659. The Morgan fingerprint density at radius 2 is 2.14 bits per heavy atom. The van der Waals surface area contributed by atoms with Gasteiger partial charge in [0.25, 0.3) is 5.91 Å². The maximum atomic E-state index is 12.6. The van der Waals surface area contributed by atoms with Crippen molar-refractivity contribution in [2.75, 3.05) is 13.1 Å². The minimum atomic E-state index is -0.304. The molecule has 1 aromatic heterocycles. The zero-order valence-corrected chi connectivity index (χ0v) is 12.1. The second-order valence-corrected chi connectivity index (χ2v) is 5.52. The maximum Gasteiger partial charge on any atom is 0.274 e. The van der Waals surface area contributed by atoms with E-state index in [1.165, 1.54) is 6.20 Å². The van der Waals surface area contributed by atoms with Gasteiger partial charge in [-0.3, -0.25) is 9.78 Å². The summed E-state index contributed by atoms with van der Waals surface area (Å²) in [4.78, 5) is 23.0. The summed E-state index contributed by atoms with van der Waals surface area (Å²) in [6.07, 6.45) is 2.73. The molecule has 2 aromatic rings. The highest BCUT2D eigenvalue weighted by Crippen LogP contribution is 2.21. The molecule has 21 heavy (non-hydrogen) atoms. The van der Waals surface area contributed by atoms with E-state index >= 15 is 0 Å². The van der Waals surface area contributed by atoms with Crippen molar-refractivity contribution in [1.82, 2.24) is 14.9 Å². The minimum Gasteiger partial charge on any atom is -0.393 e. The first-order valence-electron chi connectivity index (χ1n) is 7.38. The number of para-hydroxylation sites is 2. The Kier molecular flexibility index (Phi) is 3.84. The molecule has 2 unspecified atom stereocenters. The average Bonchev–Trinajstić information content (AvgIpc) is 2.54. The van der Waals surface area contributed by atoms with Gasteiger partial charge in [-0.15, -0.1) is 0 Å². The first-order valence-corrected chi connectivity index (χ1v) is 7.38. The molecule has 1 aromatic carbocycles. The van der Waals surface area contributed by atoms with Crippen molar-refractivity contribution < 1.29 is 9.90 Å². The third-order valence-electron chi connectivity index (χ3n) is 4.17. The summed E-state index contributed by atoms with van der Waals surface area (Å²) >= 11 is 0. The Morgan fingerprint density at radius 1 is 1.38 bits per heavy atom. The molecule has 2 atom stereocenters. The van der Waals surface area contributed by atoms with Crippen molar-refractivity contribution in [2.45, 2.75) is 25.9 Å². The molecule has 1 amide bonds. The molecule has 1 N–H and O–H groups in total. The maximum absolute atomic E-state index is 12.6. The van der Waals surface area contributed by atoms with E-state index in [1.54, 1.807) is 4.90 Å². The van der Waals surface area contributed by atoms with Gasteiger partial charge in [0.2, 0.25) is 0 Å². The molecule has 1 saturated heterocycles. The molecule has 0 spiro atoms. The van der Waals surface area contributed by atoms with Crippen LogP contribution in [0.3, 0.4) is 0 Å². The number of carbonyl (C=O) groups is 1. The van der Waals surface area contributed by atoms with Crippen LogP contribution in [-0.4, -0.2) is 45.1 Å². The Balaban J connectivity index is 1.83. The number of fused-ring (bicyclic) bond motifs is 1. The summed E-state index contributed by atoms with van der Waals surface area (Å²) in [5.74, 6) is 0.0507. The van der Waals surface area contributed by atoms with E-state index in [0.717, 1.165) is 17.5 Å². The normalized spacial score (nSPS) is 22.5. The SMILES string of the molecule is CCC1CN(C(=O)c2cnc3ccccc3n2)CCC1O. The molecule has 110 valence electrons. The molecular formula is C16H19N3O2. The lowest BCUT2D eigenvalue weighted by atomic mass is 9.92. The van der Waals surface area contributed by atoms with Crippen molar-refractivity contribution in [3.05, 3.63) is 36.2 Å². The predicted octanol–water partition coefficient (Wildman–Crippen LogP) is 1.86. The lowest BCUT2D eigenvalue weighted by molar-refractivity contribution is 0.0226. The van der Waals surface area contributed by atoms with Gasteiger partial charge in [-0.1, -0.05) is 19.1 Å². The Morgan fingerprint density at radius 3 is 2.90 bits per heavy atom. The summed E-state index contributed by atoms with van der Waals surface area (Å²) in [7, 11) is 0. The number of piperidine rings is 1. The van der Waals surface area contributed by atoms with Crippen LogP contribution in [0.25, 0.3) is 11.0 Å². The van der Waals surface area contributed by atoms with Crippen molar-refractivity contribution in [2.24, 2.45) is 5.92 Å². The fourth-order valence-electron chi connectivity index (χ4n) is 2.83. The van der Waals surface area contributed by atoms with Gasteiger partial charge in [-0.2, -0.15) is 0 Å². The Hall–Kier alpha value is -2.01. The van der Waals surface area contributed by atoms with Crippen molar-refractivity contribution in [3.8, 4) is 0 Å². The molecule has 3 rings (SSSR count). The predicted molar refractivity (Wildman–Crippen MR) is 79.8 cm³/mol. The van der Waals surface area contributed by atoms with Gasteiger partial charge in [-0.25, -0.2) is 4.98 Å². The van der Waals surface area contributed by atoms with Crippen LogP contribution in [-0.2, 0) is 0 Å². The molecule has 0 bridgehead atoms. The van der Waals surface area contributed by atoms with Gasteiger partial charge in [0.1, 0.15) is 5.69 Å². The quantitative estimate of drug-likeness (QED) is 0.914. The summed E-state index contributed by atoms with van der Waals surface area (Å²) in [6.45, 7) is 3.20. The second kappa shape index (κ2) is 5.77. The molecular weight excluding hydrogens is 266 g/mol. The summed E-state index contributed by atoms with van der Waals surface area (Å²) in [6, 6.07) is 7.51. The summed E-state index contributed by atoms with van der Waals surface area (Å²) in [5, 5.41) is 9.91. The third kappa shape index (κ3) is 2.74. The van der Waals surface area contributed by atoms with E-state index in [-0.39, 0.29) is 17.9 Å². The van der Waals surface area contributed by atoms with Crippen LogP contribution in [0.1, 0.15) is 30.3 Å². The number of hydrogen-bond acceptors (Lipinski definition) is 4. The fraction of sp³-hybridized carbons (Fsp3) is 0.438. The van der Waals surface area contributed by atoms with Crippen LogP contribution in [0.5, 0.6) is 0 Å². The first-order chi connectivity index (χ1) is 10.2. The largest absolute Gasteiger partial charge is 0.393 e. The van der Waals surface area contributed by atoms with E-state index in [0.29, 0.717) is 25.2 Å². The zero-order valence-electron chi connectivity index (χ0n) is 12.1. The Labute approximate surface area is 123 Å². The monoisotopic (exact) mass is 285 g/mol. The number of nitrogens with zero attached hydrogens (tertiary/aromatic N) is 3. The second-order valence-electron chi connectivity index (χ2n) is 5.52. The summed E-state index contributed by atoms with van der Waals surface area (Å²) in [5.41, 5.74) is 1.89. The number of aliphatic hydroxyl groups excluding tert-OH is 1. The van der Waals surface area contributed by atoms with Gasteiger partial charge >= 0.3 is 0 Å². The van der Waals surface area contributed by atoms with Gasteiger partial charge in [0.05, 0.1) is 23.3 Å². The molecule has 5 heteroatoms. The highest BCUT2D eigenvalue weighted by atomic mass is 16.3. The van der Waals surface area contributed by atoms with Crippen LogP contribution in [0.2, 0.25) is 0 Å². The van der Waals surface area contributed by atoms with Crippen LogP contribution in [0, 0.1) is 5.92 Å². The van der Waals surface area contributed by atoms with Crippen molar-refractivity contribution in [3.63, 3.8) is 0 Å². The van der Waals surface area contributed by atoms with E-state index in [9.17, 15) is 9.90 Å². The summed E-state index contributed by atoms with van der Waals surface area (Å²) < 4.78 is 0. The number of rotatable bonds is 2. The zero-order chi connectivity index (χ0) is 14.8. The molecule has 1 fully saturated rings. The van der Waals surface area contributed by atoms with E-state index in [4.69, 9.17) is 0 Å². The van der Waals surface area contributed by atoms with Gasteiger partial charge < -0.3 is 10.0 Å². The third-order valence-corrected chi connectivity index (χ3v) is 4.17. The van der Waals surface area contributed by atoms with Crippen LogP contribution in [0.4, 0.5) is 0 Å². The lowest BCUT2D eigenvalue weighted by Gasteiger charge is -2.35. The standard InChI is InChI=1S/C16H19N3O2/c1-2-11-10-19(8-7-15(11)20)16(21)14-9-17-12-5-3-4-6-13(12)18-14/h3-6,9,11,15,20H,2,7-8,10H2,1H3. The topological polar surface area (TPSA) is 66.3 Å². The molecule has 0 aliphatic carbocycles. The lowest BCUT2D eigenvalue weighted by Crippen LogP contribution is -2.46. The van der Waals surface area contributed by atoms with Gasteiger partial charge in [0, 0.05) is 19.0 Å². The van der Waals surface area contributed by atoms with Crippen LogP contribution < -0.4 is 0 Å². The van der Waals surface area contributed by atoms with Gasteiger partial charge in [-0.05, 0) is 25.0 Å². The molecule has 1 aliphatic rings. The van der Waals surface area contributed by atoms with E-state index < -0.39 is 0 Å². The smallest absolute Gasteiger partial charge is 0.274 e. The number of hydrogen-bond donors (Lipinski definition) is 1. The fourth-order valence-corrected chi connectivity index (χ4v) is 2.83. The highest BCUT2D eigenvalue weighted by Gasteiger charge is 2.30. The van der Waals surface area contributed by atoms with E-state index in [1.807, 2.05) is 31.2 Å². The molecule has 0 saturated carbocycles. The molecule has 1 aliphatic heterocycles. The van der Waals surface area contributed by atoms with Crippen molar-refractivity contribution in [1.29, 1.82) is 0 Å². The number of aromatic nitrogens is 2. The van der Waals surface area contributed by atoms with Gasteiger partial charge in [0.15, 0.2) is 0 Å². The molecule has 0 radical (unpaired) electrons. The van der Waals surface area contributed by atoms with Crippen LogP contribution in [0.15, 0.2) is 30.5 Å².